The number of hydrogen-bond donors (Lipinski definition) is 1. The average Bonchev–Trinajstić information content (AvgIpc) is 3.04. The highest BCUT2D eigenvalue weighted by Crippen LogP contribution is 2.27. The second-order valence-corrected chi connectivity index (χ2v) is 7.77. The Morgan fingerprint density at radius 2 is 1.79 bits per heavy atom. The third-order valence-electron chi connectivity index (χ3n) is 3.94. The molecule has 3 aromatic rings. The Bertz CT molecular complexity index is 981. The molecule has 29 heavy (non-hydrogen) atoms. The third-order valence-corrected chi connectivity index (χ3v) is 5.32. The minimum atomic E-state index is -2.89. The fourth-order valence-electron chi connectivity index (χ4n) is 2.44. The lowest BCUT2D eigenvalue weighted by Gasteiger charge is -2.12. The second-order valence-electron chi connectivity index (χ2n) is 6.02. The van der Waals surface area contributed by atoms with Crippen LogP contribution < -0.4 is 10.1 Å². The smallest absolute Gasteiger partial charge is 0.387 e. The maximum absolute atomic E-state index is 12.4. The van der Waals surface area contributed by atoms with Gasteiger partial charge < -0.3 is 14.6 Å². The molecular formula is C19H17ClF2N4O2S. The lowest BCUT2D eigenvalue weighted by Crippen LogP contribution is -2.22. The summed E-state index contributed by atoms with van der Waals surface area (Å²) in [5.41, 5.74) is 1.34. The number of nitrogens with one attached hydrogen (secondary N) is 1. The van der Waals surface area contributed by atoms with Gasteiger partial charge in [0.1, 0.15) is 5.75 Å². The van der Waals surface area contributed by atoms with E-state index >= 15 is 0 Å². The zero-order chi connectivity index (χ0) is 21.0. The third kappa shape index (κ3) is 5.45. The van der Waals surface area contributed by atoms with Crippen LogP contribution in [0.15, 0.2) is 53.7 Å². The summed E-state index contributed by atoms with van der Waals surface area (Å²) in [6.07, 6.45) is 0. The molecule has 3 rings (SSSR count). The summed E-state index contributed by atoms with van der Waals surface area (Å²) in [4.78, 5) is 12.4. The maximum atomic E-state index is 12.4. The minimum Gasteiger partial charge on any atom is -0.435 e. The standard InChI is InChI=1S/C19H17ClF2N4O2S/c1-11(17(27)23-14-7-9-15(10-8-14)28-18(21)22)29-19-25-24-16(26(19)2)12-3-5-13(20)6-4-12/h3-11,18H,1-2H3,(H,23,27). The van der Waals surface area contributed by atoms with Gasteiger partial charge in [-0.05, 0) is 55.5 Å². The van der Waals surface area contributed by atoms with Crippen LogP contribution in [0.25, 0.3) is 11.4 Å². The number of alkyl halides is 2. The van der Waals surface area contributed by atoms with Crippen molar-refractivity contribution in [1.29, 1.82) is 0 Å². The predicted molar refractivity (Wildman–Crippen MR) is 108 cm³/mol. The van der Waals surface area contributed by atoms with Gasteiger partial charge in [0.15, 0.2) is 11.0 Å². The van der Waals surface area contributed by atoms with Gasteiger partial charge in [-0.2, -0.15) is 8.78 Å². The highest BCUT2D eigenvalue weighted by Gasteiger charge is 2.19. The van der Waals surface area contributed by atoms with Gasteiger partial charge in [-0.3, -0.25) is 4.79 Å². The van der Waals surface area contributed by atoms with E-state index in [-0.39, 0.29) is 11.7 Å². The van der Waals surface area contributed by atoms with Crippen molar-refractivity contribution in [2.75, 3.05) is 5.32 Å². The van der Waals surface area contributed by atoms with Crippen LogP contribution in [0.4, 0.5) is 14.5 Å². The molecule has 6 nitrogen and oxygen atoms in total. The van der Waals surface area contributed by atoms with Crippen LogP contribution in [0.1, 0.15) is 6.92 Å². The molecule has 1 N–H and O–H groups in total. The molecule has 2 aromatic carbocycles. The number of carbonyl (C=O) groups is 1. The van der Waals surface area contributed by atoms with E-state index in [9.17, 15) is 13.6 Å². The van der Waals surface area contributed by atoms with E-state index in [1.54, 1.807) is 23.6 Å². The highest BCUT2D eigenvalue weighted by atomic mass is 35.5. The molecule has 1 heterocycles. The number of halogens is 3. The van der Waals surface area contributed by atoms with Crippen molar-refractivity contribution in [3.05, 3.63) is 53.6 Å². The summed E-state index contributed by atoms with van der Waals surface area (Å²) in [5, 5.41) is 11.8. The first-order valence-electron chi connectivity index (χ1n) is 8.51. The summed E-state index contributed by atoms with van der Waals surface area (Å²) in [6, 6.07) is 12.9. The van der Waals surface area contributed by atoms with E-state index in [0.717, 1.165) is 5.56 Å². The Morgan fingerprint density at radius 1 is 1.14 bits per heavy atom. The first kappa shape index (κ1) is 21.1. The zero-order valence-corrected chi connectivity index (χ0v) is 17.0. The molecule has 0 aliphatic carbocycles. The number of aromatic nitrogens is 3. The quantitative estimate of drug-likeness (QED) is 0.534. The van der Waals surface area contributed by atoms with Gasteiger partial charge in [-0.25, -0.2) is 0 Å². The van der Waals surface area contributed by atoms with Crippen molar-refractivity contribution in [3.8, 4) is 17.1 Å². The molecule has 0 saturated heterocycles. The fraction of sp³-hybridized carbons (Fsp3) is 0.211. The summed E-state index contributed by atoms with van der Waals surface area (Å²) in [6.45, 7) is -1.15. The van der Waals surface area contributed by atoms with Crippen LogP contribution in [-0.2, 0) is 11.8 Å². The Balaban J connectivity index is 1.63. The number of thioether (sulfide) groups is 1. The molecule has 0 saturated carbocycles. The van der Waals surface area contributed by atoms with Crippen molar-refractivity contribution in [2.24, 2.45) is 7.05 Å². The summed E-state index contributed by atoms with van der Waals surface area (Å²) in [7, 11) is 1.82. The monoisotopic (exact) mass is 438 g/mol. The fourth-order valence-corrected chi connectivity index (χ4v) is 3.38. The molecule has 1 unspecified atom stereocenters. The Hall–Kier alpha value is -2.65. The van der Waals surface area contributed by atoms with Crippen LogP contribution in [-0.4, -0.2) is 32.5 Å². The van der Waals surface area contributed by atoms with Gasteiger partial charge in [0.2, 0.25) is 5.91 Å². The molecular weight excluding hydrogens is 422 g/mol. The van der Waals surface area contributed by atoms with E-state index in [4.69, 9.17) is 11.6 Å². The SMILES string of the molecule is CC(Sc1nnc(-c2ccc(Cl)cc2)n1C)C(=O)Nc1ccc(OC(F)F)cc1. The predicted octanol–water partition coefficient (Wildman–Crippen LogP) is 4.86. The topological polar surface area (TPSA) is 69.0 Å². The van der Waals surface area contributed by atoms with Gasteiger partial charge in [0, 0.05) is 23.3 Å². The van der Waals surface area contributed by atoms with Gasteiger partial charge in [0.05, 0.1) is 5.25 Å². The summed E-state index contributed by atoms with van der Waals surface area (Å²) >= 11 is 7.17. The minimum absolute atomic E-state index is 0.0224. The highest BCUT2D eigenvalue weighted by molar-refractivity contribution is 8.00. The molecule has 0 bridgehead atoms. The number of benzene rings is 2. The number of anilines is 1. The van der Waals surface area contributed by atoms with Crippen molar-refractivity contribution in [2.45, 2.75) is 23.9 Å². The number of amides is 1. The molecule has 0 aliphatic rings. The van der Waals surface area contributed by atoms with Gasteiger partial charge in [-0.1, -0.05) is 23.4 Å². The largest absolute Gasteiger partial charge is 0.435 e. The van der Waals surface area contributed by atoms with E-state index in [1.165, 1.54) is 36.0 Å². The number of nitrogens with zero attached hydrogens (tertiary/aromatic N) is 3. The van der Waals surface area contributed by atoms with Crippen LogP contribution in [0.2, 0.25) is 5.02 Å². The number of rotatable bonds is 7. The maximum Gasteiger partial charge on any atom is 0.387 e. The van der Waals surface area contributed by atoms with Crippen LogP contribution in [0.3, 0.4) is 0 Å². The Kier molecular flexibility index (Phi) is 6.71. The molecule has 1 aromatic heterocycles. The van der Waals surface area contributed by atoms with Crippen molar-refractivity contribution in [3.63, 3.8) is 0 Å². The van der Waals surface area contributed by atoms with E-state index < -0.39 is 11.9 Å². The Morgan fingerprint density at radius 3 is 2.41 bits per heavy atom. The second kappa shape index (κ2) is 9.23. The molecule has 1 atom stereocenters. The van der Waals surface area contributed by atoms with Crippen LogP contribution in [0.5, 0.6) is 5.75 Å². The molecule has 0 fully saturated rings. The van der Waals surface area contributed by atoms with Gasteiger partial charge >= 0.3 is 6.61 Å². The van der Waals surface area contributed by atoms with Gasteiger partial charge in [-0.15, -0.1) is 10.2 Å². The zero-order valence-electron chi connectivity index (χ0n) is 15.5. The van der Waals surface area contributed by atoms with Gasteiger partial charge in [0.25, 0.3) is 0 Å². The molecule has 0 radical (unpaired) electrons. The van der Waals surface area contributed by atoms with Crippen LogP contribution >= 0.6 is 23.4 Å². The van der Waals surface area contributed by atoms with E-state index in [2.05, 4.69) is 20.3 Å². The molecule has 10 heteroatoms. The number of ether oxygens (including phenoxy) is 1. The molecule has 0 spiro atoms. The first-order valence-corrected chi connectivity index (χ1v) is 9.77. The first-order chi connectivity index (χ1) is 13.8. The lowest BCUT2D eigenvalue weighted by molar-refractivity contribution is -0.115. The van der Waals surface area contributed by atoms with Crippen molar-refractivity contribution < 1.29 is 18.3 Å². The van der Waals surface area contributed by atoms with Crippen molar-refractivity contribution in [1.82, 2.24) is 14.8 Å². The summed E-state index contributed by atoms with van der Waals surface area (Å²) < 4.78 is 30.5. The molecule has 0 aliphatic heterocycles. The van der Waals surface area contributed by atoms with E-state index in [0.29, 0.717) is 21.7 Å². The number of carbonyl (C=O) groups excluding carboxylic acids is 1. The summed E-state index contributed by atoms with van der Waals surface area (Å²) in [5.74, 6) is 0.425. The molecule has 1 amide bonds. The Labute approximate surface area is 175 Å². The van der Waals surface area contributed by atoms with Crippen molar-refractivity contribution >= 4 is 35.0 Å². The van der Waals surface area contributed by atoms with Crippen LogP contribution in [0, 0.1) is 0 Å². The lowest BCUT2D eigenvalue weighted by atomic mass is 10.2. The molecule has 152 valence electrons. The average molecular weight is 439 g/mol. The number of hydrogen-bond acceptors (Lipinski definition) is 5. The normalized spacial score (nSPS) is 12.1. The van der Waals surface area contributed by atoms with E-state index in [1.807, 2.05) is 19.2 Å².